The van der Waals surface area contributed by atoms with Gasteiger partial charge in [0.25, 0.3) is 0 Å². The fraction of sp³-hybridized carbons (Fsp3) is 0.353. The van der Waals surface area contributed by atoms with Crippen LogP contribution < -0.4 is 10.1 Å². The molecule has 0 saturated heterocycles. The van der Waals surface area contributed by atoms with Crippen molar-refractivity contribution in [2.45, 2.75) is 31.7 Å². The topological polar surface area (TPSA) is 64.9 Å². The van der Waals surface area contributed by atoms with Crippen LogP contribution in [0, 0.1) is 0 Å². The van der Waals surface area contributed by atoms with E-state index in [1.165, 1.54) is 12.8 Å². The number of fused-ring (bicyclic) bond motifs is 1. The third-order valence-corrected chi connectivity index (χ3v) is 4.63. The lowest BCUT2D eigenvalue weighted by Gasteiger charge is -2.12. The standard InChI is InChI=1S/C17H18ClN5O/c1-24-13-8-6-11(7-9-13)20-15-14-16(22-17(18)21-15)23(10-19-14)12-4-2-3-5-12/h6-10,12H,2-5H2,1H3,(H,20,21,22). The Bertz CT molecular complexity index is 855. The highest BCUT2D eigenvalue weighted by molar-refractivity contribution is 6.28. The van der Waals surface area contributed by atoms with Gasteiger partial charge < -0.3 is 14.6 Å². The molecule has 7 heteroatoms. The van der Waals surface area contributed by atoms with Crippen LogP contribution in [0.1, 0.15) is 31.7 Å². The van der Waals surface area contributed by atoms with Crippen LogP contribution in [0.4, 0.5) is 11.5 Å². The van der Waals surface area contributed by atoms with Gasteiger partial charge in [-0.05, 0) is 48.7 Å². The van der Waals surface area contributed by atoms with Gasteiger partial charge in [-0.2, -0.15) is 9.97 Å². The van der Waals surface area contributed by atoms with Crippen LogP contribution in [0.25, 0.3) is 11.2 Å². The SMILES string of the molecule is COc1ccc(Nc2nc(Cl)nc3c2ncn3C2CCCC2)cc1. The quantitative estimate of drug-likeness (QED) is 0.713. The molecule has 2 aromatic heterocycles. The fourth-order valence-electron chi connectivity index (χ4n) is 3.24. The van der Waals surface area contributed by atoms with Crippen LogP contribution in [-0.2, 0) is 0 Å². The van der Waals surface area contributed by atoms with Gasteiger partial charge in [-0.1, -0.05) is 12.8 Å². The van der Waals surface area contributed by atoms with Crippen molar-refractivity contribution in [3.05, 3.63) is 35.9 Å². The van der Waals surface area contributed by atoms with Crippen molar-refractivity contribution in [3.63, 3.8) is 0 Å². The van der Waals surface area contributed by atoms with Crippen LogP contribution in [0.5, 0.6) is 5.75 Å². The minimum Gasteiger partial charge on any atom is -0.497 e. The molecule has 6 nitrogen and oxygen atoms in total. The number of anilines is 2. The van der Waals surface area contributed by atoms with Crippen molar-refractivity contribution in [2.24, 2.45) is 0 Å². The fourth-order valence-corrected chi connectivity index (χ4v) is 3.40. The molecular formula is C17H18ClN5O. The van der Waals surface area contributed by atoms with E-state index in [4.69, 9.17) is 16.3 Å². The van der Waals surface area contributed by atoms with Crippen LogP contribution in [0.2, 0.25) is 5.28 Å². The molecule has 1 aliphatic rings. The third-order valence-electron chi connectivity index (χ3n) is 4.46. The van der Waals surface area contributed by atoms with Crippen molar-refractivity contribution in [1.29, 1.82) is 0 Å². The molecular weight excluding hydrogens is 326 g/mol. The number of hydrogen-bond donors (Lipinski definition) is 1. The Morgan fingerprint density at radius 1 is 1.17 bits per heavy atom. The van der Waals surface area contributed by atoms with Gasteiger partial charge in [-0.25, -0.2) is 4.98 Å². The molecule has 0 spiro atoms. The first-order chi connectivity index (χ1) is 11.7. The Labute approximate surface area is 144 Å². The summed E-state index contributed by atoms with van der Waals surface area (Å²) in [7, 11) is 1.64. The molecule has 2 heterocycles. The Morgan fingerprint density at radius 3 is 2.62 bits per heavy atom. The Morgan fingerprint density at radius 2 is 1.92 bits per heavy atom. The number of halogens is 1. The number of nitrogens with one attached hydrogen (secondary N) is 1. The Hall–Kier alpha value is -2.34. The van der Waals surface area contributed by atoms with Gasteiger partial charge in [0.1, 0.15) is 5.75 Å². The molecule has 24 heavy (non-hydrogen) atoms. The van der Waals surface area contributed by atoms with E-state index >= 15 is 0 Å². The highest BCUT2D eigenvalue weighted by atomic mass is 35.5. The van der Waals surface area contributed by atoms with Gasteiger partial charge >= 0.3 is 0 Å². The van der Waals surface area contributed by atoms with Gasteiger partial charge in [0.2, 0.25) is 5.28 Å². The lowest BCUT2D eigenvalue weighted by Crippen LogP contribution is -2.05. The summed E-state index contributed by atoms with van der Waals surface area (Å²) >= 11 is 6.15. The van der Waals surface area contributed by atoms with Crippen LogP contribution in [0.15, 0.2) is 30.6 Å². The molecule has 1 fully saturated rings. The van der Waals surface area contributed by atoms with E-state index in [2.05, 4.69) is 24.8 Å². The van der Waals surface area contributed by atoms with Gasteiger partial charge in [-0.3, -0.25) is 0 Å². The second-order valence-electron chi connectivity index (χ2n) is 5.96. The van der Waals surface area contributed by atoms with Crippen LogP contribution >= 0.6 is 11.6 Å². The number of benzene rings is 1. The zero-order chi connectivity index (χ0) is 16.5. The van der Waals surface area contributed by atoms with Crippen molar-refractivity contribution in [2.75, 3.05) is 12.4 Å². The van der Waals surface area contributed by atoms with Gasteiger partial charge in [0, 0.05) is 11.7 Å². The third kappa shape index (κ3) is 2.78. The second-order valence-corrected chi connectivity index (χ2v) is 6.30. The highest BCUT2D eigenvalue weighted by Gasteiger charge is 2.21. The number of imidazole rings is 1. The van der Waals surface area contributed by atoms with Crippen LogP contribution in [-0.4, -0.2) is 26.6 Å². The summed E-state index contributed by atoms with van der Waals surface area (Å²) < 4.78 is 7.31. The second kappa shape index (κ2) is 6.28. The maximum atomic E-state index is 6.15. The zero-order valence-corrected chi connectivity index (χ0v) is 14.1. The van der Waals surface area contributed by atoms with E-state index in [0.717, 1.165) is 35.4 Å². The smallest absolute Gasteiger partial charge is 0.226 e. The molecule has 0 unspecified atom stereocenters. The average molecular weight is 344 g/mol. The van der Waals surface area contributed by atoms with Gasteiger partial charge in [0.05, 0.1) is 13.4 Å². The normalized spacial score (nSPS) is 15.1. The molecule has 1 aromatic carbocycles. The lowest BCUT2D eigenvalue weighted by atomic mass is 10.2. The van der Waals surface area contributed by atoms with Crippen molar-refractivity contribution >= 4 is 34.3 Å². The summed E-state index contributed by atoms with van der Waals surface area (Å²) in [5, 5.41) is 3.50. The molecule has 4 rings (SSSR count). The van der Waals surface area contributed by atoms with E-state index in [-0.39, 0.29) is 5.28 Å². The molecule has 0 aliphatic heterocycles. The van der Waals surface area contributed by atoms with Gasteiger partial charge in [0.15, 0.2) is 17.0 Å². The molecule has 1 saturated carbocycles. The number of ether oxygens (including phenoxy) is 1. The summed E-state index contributed by atoms with van der Waals surface area (Å²) in [6, 6.07) is 8.08. The number of nitrogens with zero attached hydrogens (tertiary/aromatic N) is 4. The molecule has 0 atom stereocenters. The number of rotatable bonds is 4. The van der Waals surface area contributed by atoms with E-state index in [0.29, 0.717) is 11.9 Å². The first-order valence-electron chi connectivity index (χ1n) is 8.06. The number of methoxy groups -OCH3 is 1. The summed E-state index contributed by atoms with van der Waals surface area (Å²) in [5.74, 6) is 1.42. The summed E-state index contributed by atoms with van der Waals surface area (Å²) in [6.45, 7) is 0. The minimum absolute atomic E-state index is 0.221. The molecule has 0 amide bonds. The minimum atomic E-state index is 0.221. The van der Waals surface area contributed by atoms with Crippen molar-refractivity contribution < 1.29 is 4.74 Å². The van der Waals surface area contributed by atoms with Crippen molar-refractivity contribution in [1.82, 2.24) is 19.5 Å². The molecule has 124 valence electrons. The molecule has 1 N–H and O–H groups in total. The number of hydrogen-bond acceptors (Lipinski definition) is 5. The lowest BCUT2D eigenvalue weighted by molar-refractivity contribution is 0.415. The van der Waals surface area contributed by atoms with Crippen molar-refractivity contribution in [3.8, 4) is 5.75 Å². The average Bonchev–Trinajstić information content (AvgIpc) is 3.24. The summed E-state index contributed by atoms with van der Waals surface area (Å²) in [5.41, 5.74) is 2.42. The first-order valence-corrected chi connectivity index (χ1v) is 8.43. The summed E-state index contributed by atoms with van der Waals surface area (Å²) in [4.78, 5) is 13.2. The van der Waals surface area contributed by atoms with E-state index in [1.54, 1.807) is 7.11 Å². The predicted molar refractivity (Wildman–Crippen MR) is 94.1 cm³/mol. The predicted octanol–water partition coefficient (Wildman–Crippen LogP) is 4.35. The summed E-state index contributed by atoms with van der Waals surface area (Å²) in [6.07, 6.45) is 6.67. The van der Waals surface area contributed by atoms with E-state index in [1.807, 2.05) is 30.6 Å². The van der Waals surface area contributed by atoms with E-state index in [9.17, 15) is 0 Å². The van der Waals surface area contributed by atoms with Gasteiger partial charge in [-0.15, -0.1) is 0 Å². The molecule has 1 aliphatic carbocycles. The van der Waals surface area contributed by atoms with Crippen LogP contribution in [0.3, 0.4) is 0 Å². The van der Waals surface area contributed by atoms with E-state index < -0.39 is 0 Å². The first kappa shape index (κ1) is 15.2. The highest BCUT2D eigenvalue weighted by Crippen LogP contribution is 2.33. The maximum Gasteiger partial charge on any atom is 0.226 e. The molecule has 0 radical (unpaired) electrons. The molecule has 0 bridgehead atoms. The Kier molecular flexibility index (Phi) is 3.98. The zero-order valence-electron chi connectivity index (χ0n) is 13.4. The monoisotopic (exact) mass is 343 g/mol. The maximum absolute atomic E-state index is 6.15. The largest absolute Gasteiger partial charge is 0.497 e. The number of aromatic nitrogens is 4. The molecule has 3 aromatic rings. The Balaban J connectivity index is 1.71.